The second-order valence-corrected chi connectivity index (χ2v) is 10.6. The Labute approximate surface area is 172 Å². The Balaban J connectivity index is 1.63. The fourth-order valence-electron chi connectivity index (χ4n) is 3.56. The van der Waals surface area contributed by atoms with Crippen LogP contribution in [0.5, 0.6) is 5.75 Å². The third-order valence-electron chi connectivity index (χ3n) is 5.29. The molecule has 1 amide bonds. The lowest BCUT2D eigenvalue weighted by Crippen LogP contribution is -2.57. The van der Waals surface area contributed by atoms with Crippen LogP contribution in [0.2, 0.25) is 0 Å². The first-order valence-electron chi connectivity index (χ1n) is 10.0. The number of guanidine groups is 1. The van der Waals surface area contributed by atoms with Crippen LogP contribution in [0.25, 0.3) is 0 Å². The molecule has 1 aromatic carbocycles. The van der Waals surface area contributed by atoms with E-state index in [2.05, 4.69) is 10.3 Å². The van der Waals surface area contributed by atoms with Crippen molar-refractivity contribution < 1.29 is 17.9 Å². The standard InChI is InChI=1S/C20H30N4O4S/c1-4-21-19(23-12-13-29(26,27)20(2,3)15-23)22-10-7-11-24-16-8-5-6-9-17(16)28-14-18(24)25/h5-6,8-9H,4,7,10-15H2,1-3H3,(H,21,22). The molecule has 8 nitrogen and oxygen atoms in total. The number of rotatable bonds is 5. The fraction of sp³-hybridized carbons (Fsp3) is 0.600. The summed E-state index contributed by atoms with van der Waals surface area (Å²) in [7, 11) is -3.10. The molecule has 0 aromatic heterocycles. The number of fused-ring (bicyclic) bond motifs is 1. The first kappa shape index (κ1) is 21.4. The van der Waals surface area contributed by atoms with E-state index in [1.54, 1.807) is 18.7 Å². The number of amides is 1. The summed E-state index contributed by atoms with van der Waals surface area (Å²) in [5, 5.41) is 3.26. The number of hydrogen-bond donors (Lipinski definition) is 1. The average molecular weight is 423 g/mol. The summed E-state index contributed by atoms with van der Waals surface area (Å²) < 4.78 is 29.2. The van der Waals surface area contributed by atoms with Gasteiger partial charge in [-0.05, 0) is 39.3 Å². The van der Waals surface area contributed by atoms with Gasteiger partial charge in [0.2, 0.25) is 0 Å². The van der Waals surface area contributed by atoms with E-state index in [4.69, 9.17) is 4.74 Å². The van der Waals surface area contributed by atoms with Gasteiger partial charge in [0.25, 0.3) is 5.91 Å². The van der Waals surface area contributed by atoms with E-state index in [9.17, 15) is 13.2 Å². The van der Waals surface area contributed by atoms with E-state index in [1.807, 2.05) is 36.1 Å². The maximum Gasteiger partial charge on any atom is 0.265 e. The summed E-state index contributed by atoms with van der Waals surface area (Å²) >= 11 is 0. The maximum absolute atomic E-state index is 12.3. The number of para-hydroxylation sites is 2. The zero-order chi connectivity index (χ0) is 21.1. The van der Waals surface area contributed by atoms with E-state index >= 15 is 0 Å². The highest BCUT2D eigenvalue weighted by molar-refractivity contribution is 7.92. The van der Waals surface area contributed by atoms with Crippen molar-refractivity contribution in [2.24, 2.45) is 4.99 Å². The predicted molar refractivity (Wildman–Crippen MR) is 114 cm³/mol. The molecule has 0 radical (unpaired) electrons. The number of anilines is 1. The minimum Gasteiger partial charge on any atom is -0.482 e. The Bertz CT molecular complexity index is 882. The predicted octanol–water partition coefficient (Wildman–Crippen LogP) is 1.28. The van der Waals surface area contributed by atoms with E-state index in [1.165, 1.54) is 0 Å². The smallest absolute Gasteiger partial charge is 0.265 e. The molecule has 2 aliphatic heterocycles. The molecule has 9 heteroatoms. The van der Waals surface area contributed by atoms with Crippen LogP contribution in [0.3, 0.4) is 0 Å². The number of nitrogens with zero attached hydrogens (tertiary/aromatic N) is 3. The molecule has 1 N–H and O–H groups in total. The second-order valence-electron chi connectivity index (χ2n) is 7.89. The van der Waals surface area contributed by atoms with Crippen molar-refractivity contribution in [3.63, 3.8) is 0 Å². The Morgan fingerprint density at radius 3 is 2.79 bits per heavy atom. The molecule has 1 aromatic rings. The van der Waals surface area contributed by atoms with E-state index in [0.29, 0.717) is 39.1 Å². The van der Waals surface area contributed by atoms with Crippen LogP contribution in [-0.4, -0.2) is 75.0 Å². The van der Waals surface area contributed by atoms with Crippen LogP contribution in [0.4, 0.5) is 5.69 Å². The third kappa shape index (κ3) is 4.66. The number of benzene rings is 1. The minimum atomic E-state index is -3.10. The third-order valence-corrected chi connectivity index (χ3v) is 7.82. The Morgan fingerprint density at radius 2 is 2.07 bits per heavy atom. The van der Waals surface area contributed by atoms with Crippen LogP contribution in [-0.2, 0) is 14.6 Å². The summed E-state index contributed by atoms with van der Waals surface area (Å²) in [6, 6.07) is 7.53. The van der Waals surface area contributed by atoms with Gasteiger partial charge >= 0.3 is 0 Å². The Kier molecular flexibility index (Phi) is 6.36. The second kappa shape index (κ2) is 8.61. The van der Waals surface area contributed by atoms with Gasteiger partial charge < -0.3 is 19.9 Å². The van der Waals surface area contributed by atoms with E-state index in [-0.39, 0.29) is 18.3 Å². The van der Waals surface area contributed by atoms with Gasteiger partial charge in [0, 0.05) is 32.7 Å². The first-order valence-corrected chi connectivity index (χ1v) is 11.7. The van der Waals surface area contributed by atoms with Crippen LogP contribution in [0.15, 0.2) is 29.3 Å². The van der Waals surface area contributed by atoms with Crippen LogP contribution in [0, 0.1) is 0 Å². The van der Waals surface area contributed by atoms with Crippen molar-refractivity contribution in [1.29, 1.82) is 0 Å². The quantitative estimate of drug-likeness (QED) is 0.437. The summed E-state index contributed by atoms with van der Waals surface area (Å²) in [5.74, 6) is 1.52. The molecule has 2 heterocycles. The number of nitrogens with one attached hydrogen (secondary N) is 1. The highest BCUT2D eigenvalue weighted by Gasteiger charge is 2.41. The SMILES string of the molecule is CCNC(=NCCCN1C(=O)COc2ccccc21)N1CCS(=O)(=O)C(C)(C)C1. The van der Waals surface area contributed by atoms with Gasteiger partial charge in [0.15, 0.2) is 22.4 Å². The molecule has 1 saturated heterocycles. The van der Waals surface area contributed by atoms with Gasteiger partial charge in [-0.3, -0.25) is 9.79 Å². The lowest BCUT2D eigenvalue weighted by molar-refractivity contribution is -0.121. The van der Waals surface area contributed by atoms with Gasteiger partial charge in [-0.2, -0.15) is 0 Å². The van der Waals surface area contributed by atoms with Crippen molar-refractivity contribution in [2.75, 3.05) is 50.0 Å². The molecular formula is C20H30N4O4S. The molecule has 0 atom stereocenters. The van der Waals surface area contributed by atoms with Crippen LogP contribution < -0.4 is 15.0 Å². The van der Waals surface area contributed by atoms with Gasteiger partial charge in [-0.15, -0.1) is 0 Å². The van der Waals surface area contributed by atoms with Crippen LogP contribution in [0.1, 0.15) is 27.2 Å². The molecular weight excluding hydrogens is 392 g/mol. The largest absolute Gasteiger partial charge is 0.482 e. The number of aliphatic imine (C=N–C) groups is 1. The van der Waals surface area contributed by atoms with Crippen molar-refractivity contribution in [3.05, 3.63) is 24.3 Å². The van der Waals surface area contributed by atoms with Crippen molar-refractivity contribution in [2.45, 2.75) is 31.9 Å². The lowest BCUT2D eigenvalue weighted by Gasteiger charge is -2.39. The zero-order valence-corrected chi connectivity index (χ0v) is 18.2. The molecule has 0 aliphatic carbocycles. The molecule has 1 fully saturated rings. The fourth-order valence-corrected chi connectivity index (χ4v) is 4.93. The number of carbonyl (C=O) groups is 1. The number of ether oxygens (including phenoxy) is 1. The molecule has 2 aliphatic rings. The van der Waals surface area contributed by atoms with E-state index < -0.39 is 14.6 Å². The maximum atomic E-state index is 12.3. The highest BCUT2D eigenvalue weighted by Crippen LogP contribution is 2.31. The Morgan fingerprint density at radius 1 is 1.31 bits per heavy atom. The lowest BCUT2D eigenvalue weighted by atomic mass is 10.2. The monoisotopic (exact) mass is 422 g/mol. The molecule has 0 unspecified atom stereocenters. The van der Waals surface area contributed by atoms with Gasteiger partial charge in [-0.25, -0.2) is 8.42 Å². The van der Waals surface area contributed by atoms with Gasteiger partial charge in [-0.1, -0.05) is 12.1 Å². The molecule has 0 saturated carbocycles. The molecule has 29 heavy (non-hydrogen) atoms. The molecule has 0 spiro atoms. The summed E-state index contributed by atoms with van der Waals surface area (Å²) in [6.45, 7) is 8.23. The topological polar surface area (TPSA) is 91.3 Å². The van der Waals surface area contributed by atoms with Gasteiger partial charge in [0.1, 0.15) is 5.75 Å². The normalized spacial score (nSPS) is 20.8. The Hall–Kier alpha value is -2.29. The zero-order valence-electron chi connectivity index (χ0n) is 17.3. The van der Waals surface area contributed by atoms with Crippen LogP contribution >= 0.6 is 0 Å². The summed E-state index contributed by atoms with van der Waals surface area (Å²) in [5.41, 5.74) is 0.794. The number of sulfone groups is 1. The van der Waals surface area contributed by atoms with Crippen molar-refractivity contribution in [1.82, 2.24) is 10.2 Å². The van der Waals surface area contributed by atoms with Gasteiger partial charge in [0.05, 0.1) is 16.2 Å². The highest BCUT2D eigenvalue weighted by atomic mass is 32.2. The number of carbonyl (C=O) groups excluding carboxylic acids is 1. The summed E-state index contributed by atoms with van der Waals surface area (Å²) in [4.78, 5) is 20.7. The molecule has 3 rings (SSSR count). The summed E-state index contributed by atoms with van der Waals surface area (Å²) in [6.07, 6.45) is 0.699. The van der Waals surface area contributed by atoms with E-state index in [0.717, 1.165) is 17.4 Å². The molecule has 0 bridgehead atoms. The first-order chi connectivity index (χ1) is 13.7. The number of hydrogen-bond acceptors (Lipinski definition) is 5. The average Bonchev–Trinajstić information content (AvgIpc) is 2.68. The molecule has 160 valence electrons. The van der Waals surface area contributed by atoms with Crippen molar-refractivity contribution in [3.8, 4) is 5.75 Å². The minimum absolute atomic E-state index is 0.0532. The van der Waals surface area contributed by atoms with Crippen molar-refractivity contribution >= 4 is 27.4 Å².